The number of hydrogen-bond donors (Lipinski definition) is 1. The van der Waals surface area contributed by atoms with Crippen LogP contribution in [0.3, 0.4) is 0 Å². The molecule has 0 fully saturated rings. The van der Waals surface area contributed by atoms with Crippen molar-refractivity contribution in [3.63, 3.8) is 0 Å². The van der Waals surface area contributed by atoms with Gasteiger partial charge in [0.25, 0.3) is 0 Å². The van der Waals surface area contributed by atoms with E-state index in [1.807, 2.05) is 18.3 Å². The molecular weight excluding hydrogens is 333 g/mol. The fourth-order valence-electron chi connectivity index (χ4n) is 2.82. The van der Waals surface area contributed by atoms with Gasteiger partial charge >= 0.3 is 0 Å². The molecular formula is C17H19Cl2N3O. The van der Waals surface area contributed by atoms with E-state index in [9.17, 15) is 4.79 Å². The highest BCUT2D eigenvalue weighted by molar-refractivity contribution is 6.42. The molecule has 3 rings (SSSR count). The van der Waals surface area contributed by atoms with Gasteiger partial charge in [-0.25, -0.2) is 4.98 Å². The van der Waals surface area contributed by atoms with Crippen LogP contribution in [0.4, 0.5) is 0 Å². The lowest BCUT2D eigenvalue weighted by molar-refractivity contribution is -0.121. The van der Waals surface area contributed by atoms with Crippen molar-refractivity contribution in [3.05, 3.63) is 51.5 Å². The maximum absolute atomic E-state index is 12.0. The summed E-state index contributed by atoms with van der Waals surface area (Å²) in [6.07, 6.45) is 6.43. The second-order valence-corrected chi connectivity index (χ2v) is 6.57. The highest BCUT2D eigenvalue weighted by Crippen LogP contribution is 2.26. The first kappa shape index (κ1) is 16.3. The number of aromatic nitrogens is 2. The van der Waals surface area contributed by atoms with Crippen molar-refractivity contribution in [1.29, 1.82) is 0 Å². The van der Waals surface area contributed by atoms with E-state index in [4.69, 9.17) is 23.2 Å². The van der Waals surface area contributed by atoms with Gasteiger partial charge in [-0.1, -0.05) is 35.3 Å². The molecule has 1 aliphatic heterocycles. The van der Waals surface area contributed by atoms with Crippen molar-refractivity contribution in [2.75, 3.05) is 0 Å². The number of aryl methyl sites for hydroxylation is 3. The molecule has 1 N–H and O–H groups in total. The van der Waals surface area contributed by atoms with Crippen LogP contribution < -0.4 is 5.32 Å². The van der Waals surface area contributed by atoms with Gasteiger partial charge < -0.3 is 9.88 Å². The van der Waals surface area contributed by atoms with E-state index < -0.39 is 0 Å². The van der Waals surface area contributed by atoms with E-state index in [0.29, 0.717) is 29.4 Å². The van der Waals surface area contributed by atoms with Gasteiger partial charge in [-0.05, 0) is 30.9 Å². The summed E-state index contributed by atoms with van der Waals surface area (Å²) in [5.41, 5.74) is 1.82. The number of nitrogens with one attached hydrogen (secondary N) is 1. The lowest BCUT2D eigenvalue weighted by Gasteiger charge is -2.11. The molecule has 122 valence electrons. The molecule has 1 aromatic heterocycles. The van der Waals surface area contributed by atoms with E-state index >= 15 is 0 Å². The minimum atomic E-state index is -0.00739. The second kappa shape index (κ2) is 7.37. The molecule has 0 atom stereocenters. The molecule has 4 nitrogen and oxygen atoms in total. The van der Waals surface area contributed by atoms with Crippen molar-refractivity contribution in [3.8, 4) is 0 Å². The first-order valence-corrected chi connectivity index (χ1v) is 8.63. The summed E-state index contributed by atoms with van der Waals surface area (Å²) >= 11 is 12.1. The zero-order valence-corrected chi connectivity index (χ0v) is 14.3. The third kappa shape index (κ3) is 4.06. The van der Waals surface area contributed by atoms with Gasteiger partial charge in [-0.2, -0.15) is 0 Å². The fraction of sp³-hybridized carbons (Fsp3) is 0.412. The van der Waals surface area contributed by atoms with Crippen LogP contribution in [0.1, 0.15) is 36.3 Å². The zero-order valence-electron chi connectivity index (χ0n) is 12.8. The summed E-state index contributed by atoms with van der Waals surface area (Å²) in [5, 5.41) is 3.97. The summed E-state index contributed by atoms with van der Waals surface area (Å²) < 4.78 is 2.19. The van der Waals surface area contributed by atoms with Crippen molar-refractivity contribution in [2.45, 2.75) is 45.2 Å². The smallest absolute Gasteiger partial charge is 0.220 e. The molecule has 2 aromatic rings. The predicted molar refractivity (Wildman–Crippen MR) is 91.8 cm³/mol. The first-order valence-electron chi connectivity index (χ1n) is 7.88. The number of amides is 1. The van der Waals surface area contributed by atoms with Crippen LogP contribution in [-0.4, -0.2) is 15.5 Å². The average Bonchev–Trinajstić information content (AvgIpc) is 2.97. The van der Waals surface area contributed by atoms with Gasteiger partial charge in [0.05, 0.1) is 22.3 Å². The van der Waals surface area contributed by atoms with Crippen LogP contribution in [0.15, 0.2) is 24.4 Å². The Morgan fingerprint density at radius 3 is 3.00 bits per heavy atom. The second-order valence-electron chi connectivity index (χ2n) is 5.79. The molecule has 0 bridgehead atoms. The van der Waals surface area contributed by atoms with Crippen molar-refractivity contribution >= 4 is 29.1 Å². The minimum absolute atomic E-state index is 0.00739. The maximum atomic E-state index is 12.0. The summed E-state index contributed by atoms with van der Waals surface area (Å²) in [7, 11) is 0. The number of rotatable bonds is 5. The Morgan fingerprint density at radius 2 is 2.17 bits per heavy atom. The summed E-state index contributed by atoms with van der Waals surface area (Å²) in [5.74, 6) is 1.12. The molecule has 2 heterocycles. The average molecular weight is 352 g/mol. The Balaban J connectivity index is 1.50. The Hall–Kier alpha value is -1.52. The third-order valence-corrected chi connectivity index (χ3v) is 4.94. The number of benzene rings is 1. The molecule has 1 aliphatic rings. The lowest BCUT2D eigenvalue weighted by atomic mass is 10.1. The lowest BCUT2D eigenvalue weighted by Crippen LogP contribution is -2.23. The fourth-order valence-corrected chi connectivity index (χ4v) is 3.24. The number of halogens is 2. The standard InChI is InChI=1S/C17H19Cl2N3O/c18-14-5-3-4-12(17(14)19)7-8-16(23)20-10-13-11-22-9-2-1-6-15(22)21-13/h3-5,11H,1-2,6-10H2,(H,20,23). The van der Waals surface area contributed by atoms with E-state index in [1.165, 1.54) is 12.8 Å². The van der Waals surface area contributed by atoms with Crippen LogP contribution in [0.25, 0.3) is 0 Å². The van der Waals surface area contributed by atoms with E-state index in [1.54, 1.807) is 6.07 Å². The van der Waals surface area contributed by atoms with Gasteiger partial charge in [-0.3, -0.25) is 4.79 Å². The van der Waals surface area contributed by atoms with Gasteiger partial charge in [-0.15, -0.1) is 0 Å². The number of nitrogens with zero attached hydrogens (tertiary/aromatic N) is 2. The van der Waals surface area contributed by atoms with E-state index in [-0.39, 0.29) is 5.91 Å². The van der Waals surface area contributed by atoms with Gasteiger partial charge in [0.2, 0.25) is 5.91 Å². The maximum Gasteiger partial charge on any atom is 0.220 e. The van der Waals surface area contributed by atoms with E-state index in [2.05, 4.69) is 14.9 Å². The summed E-state index contributed by atoms with van der Waals surface area (Å²) in [6.45, 7) is 1.51. The largest absolute Gasteiger partial charge is 0.350 e. The van der Waals surface area contributed by atoms with Gasteiger partial charge in [0.1, 0.15) is 5.82 Å². The van der Waals surface area contributed by atoms with Crippen molar-refractivity contribution < 1.29 is 4.79 Å². The molecule has 0 saturated carbocycles. The Kier molecular flexibility index (Phi) is 5.23. The van der Waals surface area contributed by atoms with Crippen LogP contribution in [-0.2, 0) is 30.7 Å². The first-order chi connectivity index (χ1) is 11.1. The number of fused-ring (bicyclic) bond motifs is 1. The zero-order chi connectivity index (χ0) is 16.2. The monoisotopic (exact) mass is 351 g/mol. The molecule has 0 spiro atoms. The number of carbonyl (C=O) groups is 1. The number of carbonyl (C=O) groups excluding carboxylic acids is 1. The molecule has 1 amide bonds. The van der Waals surface area contributed by atoms with Crippen LogP contribution >= 0.6 is 23.2 Å². The highest BCUT2D eigenvalue weighted by atomic mass is 35.5. The van der Waals surface area contributed by atoms with E-state index in [0.717, 1.165) is 30.0 Å². The van der Waals surface area contributed by atoms with Crippen molar-refractivity contribution in [2.24, 2.45) is 0 Å². The molecule has 6 heteroatoms. The minimum Gasteiger partial charge on any atom is -0.350 e. The SMILES string of the molecule is O=C(CCc1cccc(Cl)c1Cl)NCc1cn2c(n1)CCCC2. The molecule has 0 aliphatic carbocycles. The summed E-state index contributed by atoms with van der Waals surface area (Å²) in [6, 6.07) is 5.48. The van der Waals surface area contributed by atoms with Crippen molar-refractivity contribution in [1.82, 2.24) is 14.9 Å². The molecule has 0 radical (unpaired) electrons. The highest BCUT2D eigenvalue weighted by Gasteiger charge is 2.13. The molecule has 1 aromatic carbocycles. The molecule has 0 saturated heterocycles. The quantitative estimate of drug-likeness (QED) is 0.890. The molecule has 23 heavy (non-hydrogen) atoms. The normalized spacial score (nSPS) is 13.7. The van der Waals surface area contributed by atoms with Crippen LogP contribution in [0, 0.1) is 0 Å². The predicted octanol–water partition coefficient (Wildman–Crippen LogP) is 3.78. The third-order valence-electron chi connectivity index (χ3n) is 4.08. The van der Waals surface area contributed by atoms with Crippen LogP contribution in [0.2, 0.25) is 10.0 Å². The Bertz CT molecular complexity index is 688. The summed E-state index contributed by atoms with van der Waals surface area (Å²) in [4.78, 5) is 16.6. The Labute approximate surface area is 145 Å². The number of hydrogen-bond acceptors (Lipinski definition) is 2. The number of imidazole rings is 1. The Morgan fingerprint density at radius 1 is 1.30 bits per heavy atom. The van der Waals surface area contributed by atoms with Crippen LogP contribution in [0.5, 0.6) is 0 Å². The molecule has 0 unspecified atom stereocenters. The topological polar surface area (TPSA) is 46.9 Å². The van der Waals surface area contributed by atoms with Gasteiger partial charge in [0, 0.05) is 25.6 Å². The van der Waals surface area contributed by atoms with Gasteiger partial charge in [0.15, 0.2) is 0 Å².